The van der Waals surface area contributed by atoms with Crippen LogP contribution in [0.25, 0.3) is 6.08 Å². The quantitative estimate of drug-likeness (QED) is 0.322. The van der Waals surface area contributed by atoms with Crippen molar-refractivity contribution in [2.24, 2.45) is 0 Å². The molecule has 0 aliphatic carbocycles. The summed E-state index contributed by atoms with van der Waals surface area (Å²) in [5.41, 5.74) is 0.881. The average Bonchev–Trinajstić information content (AvgIpc) is 3.41. The highest BCUT2D eigenvalue weighted by Gasteiger charge is 2.34. The summed E-state index contributed by atoms with van der Waals surface area (Å²) in [5, 5.41) is 1.15. The fourth-order valence-electron chi connectivity index (χ4n) is 3.92. The van der Waals surface area contributed by atoms with Crippen molar-refractivity contribution in [3.8, 4) is 11.5 Å². The van der Waals surface area contributed by atoms with Crippen LogP contribution in [-0.4, -0.2) is 56.4 Å². The van der Waals surface area contributed by atoms with E-state index < -0.39 is 15.6 Å². The number of furan rings is 1. The van der Waals surface area contributed by atoms with Crippen LogP contribution in [-0.2, 0) is 27.8 Å². The lowest BCUT2D eigenvalue weighted by Gasteiger charge is -2.34. The molecule has 0 spiro atoms. The summed E-state index contributed by atoms with van der Waals surface area (Å²) in [7, 11) is -0.755. The SMILES string of the molecule is COc1ccc(CCN(Cc2ccco2)C(=O)CN(C(C)(C)C)S(=O)(=O)C=Cc2ccccc2)cc1OC. The molecule has 0 N–H and O–H groups in total. The second kappa shape index (κ2) is 12.8. The predicted octanol–water partition coefficient (Wildman–Crippen LogP) is 4.97. The molecule has 0 saturated carbocycles. The Morgan fingerprint density at radius 1 is 0.974 bits per heavy atom. The largest absolute Gasteiger partial charge is 0.493 e. The molecule has 1 heterocycles. The fourth-order valence-corrected chi connectivity index (χ4v) is 5.45. The Bertz CT molecular complexity index is 1310. The lowest BCUT2D eigenvalue weighted by Crippen LogP contribution is -2.50. The fraction of sp³-hybridized carbons (Fsp3) is 0.345. The van der Waals surface area contributed by atoms with Gasteiger partial charge in [0.25, 0.3) is 0 Å². The van der Waals surface area contributed by atoms with Crippen molar-refractivity contribution in [3.05, 3.63) is 89.2 Å². The molecule has 0 saturated heterocycles. The standard InChI is InChI=1S/C29H36N2O6S/c1-29(2,3)31(38(33,34)19-16-23-10-7-6-8-11-23)22-28(32)30(21-25-12-9-18-37-25)17-15-24-13-14-26(35-4)27(20-24)36-5/h6-14,16,18-20H,15,17,21-22H2,1-5H3. The van der Waals surface area contributed by atoms with E-state index in [9.17, 15) is 13.2 Å². The zero-order chi connectivity index (χ0) is 27.8. The molecule has 0 aliphatic heterocycles. The lowest BCUT2D eigenvalue weighted by atomic mass is 10.1. The zero-order valence-electron chi connectivity index (χ0n) is 22.6. The van der Waals surface area contributed by atoms with Crippen LogP contribution in [0.2, 0.25) is 0 Å². The van der Waals surface area contributed by atoms with E-state index in [1.165, 1.54) is 10.4 Å². The third kappa shape index (κ3) is 7.97. The molecule has 0 fully saturated rings. The van der Waals surface area contributed by atoms with E-state index in [2.05, 4.69) is 0 Å². The van der Waals surface area contributed by atoms with Gasteiger partial charge < -0.3 is 18.8 Å². The second-order valence-electron chi connectivity index (χ2n) is 9.77. The third-order valence-electron chi connectivity index (χ3n) is 5.96. The van der Waals surface area contributed by atoms with Crippen LogP contribution in [0.3, 0.4) is 0 Å². The molecule has 3 aromatic rings. The van der Waals surface area contributed by atoms with Gasteiger partial charge in [-0.1, -0.05) is 36.4 Å². The van der Waals surface area contributed by atoms with Gasteiger partial charge in [-0.15, -0.1) is 0 Å². The van der Waals surface area contributed by atoms with Crippen molar-refractivity contribution >= 4 is 22.0 Å². The maximum atomic E-state index is 13.6. The first-order valence-corrected chi connectivity index (χ1v) is 13.8. The number of rotatable bonds is 12. The number of hydrogen-bond acceptors (Lipinski definition) is 6. The van der Waals surface area contributed by atoms with Crippen molar-refractivity contribution in [1.29, 1.82) is 0 Å². The van der Waals surface area contributed by atoms with E-state index in [1.807, 2.05) is 48.5 Å². The number of carbonyl (C=O) groups excluding carboxylic acids is 1. The van der Waals surface area contributed by atoms with Gasteiger partial charge in [0.05, 0.1) is 33.6 Å². The normalized spacial score (nSPS) is 12.2. The molecule has 0 unspecified atom stereocenters. The molecule has 2 aromatic carbocycles. The molecule has 0 radical (unpaired) electrons. The summed E-state index contributed by atoms with van der Waals surface area (Å²) in [5.74, 6) is 1.51. The van der Waals surface area contributed by atoms with Gasteiger partial charge in [0.1, 0.15) is 5.76 Å². The van der Waals surface area contributed by atoms with Gasteiger partial charge in [-0.05, 0) is 68.7 Å². The lowest BCUT2D eigenvalue weighted by molar-refractivity contribution is -0.133. The summed E-state index contributed by atoms with van der Waals surface area (Å²) >= 11 is 0. The molecular weight excluding hydrogens is 504 g/mol. The van der Waals surface area contributed by atoms with E-state index in [1.54, 1.807) is 58.3 Å². The first-order valence-electron chi connectivity index (χ1n) is 12.3. The molecule has 1 amide bonds. The van der Waals surface area contributed by atoms with Gasteiger partial charge in [0.2, 0.25) is 15.9 Å². The topological polar surface area (TPSA) is 89.3 Å². The number of ether oxygens (including phenoxy) is 2. The summed E-state index contributed by atoms with van der Waals surface area (Å²) in [6.45, 7) is 5.58. The minimum absolute atomic E-state index is 0.219. The third-order valence-corrected chi connectivity index (χ3v) is 7.74. The van der Waals surface area contributed by atoms with Crippen LogP contribution in [0, 0.1) is 0 Å². The maximum absolute atomic E-state index is 13.6. The van der Waals surface area contributed by atoms with Crippen LogP contribution < -0.4 is 9.47 Å². The molecule has 0 bridgehead atoms. The van der Waals surface area contributed by atoms with Crippen molar-refractivity contribution in [1.82, 2.24) is 9.21 Å². The average molecular weight is 541 g/mol. The van der Waals surface area contributed by atoms with Crippen LogP contribution in [0.15, 0.2) is 76.8 Å². The Kier molecular flexibility index (Phi) is 9.77. The predicted molar refractivity (Wildman–Crippen MR) is 148 cm³/mol. The van der Waals surface area contributed by atoms with E-state index in [0.717, 1.165) is 16.5 Å². The Labute approximate surface area is 225 Å². The Balaban J connectivity index is 1.82. The van der Waals surface area contributed by atoms with Crippen molar-refractivity contribution in [2.45, 2.75) is 39.3 Å². The smallest absolute Gasteiger partial charge is 0.238 e. The summed E-state index contributed by atoms with van der Waals surface area (Å²) in [6.07, 6.45) is 3.62. The molecule has 3 rings (SSSR count). The first-order chi connectivity index (χ1) is 18.0. The van der Waals surface area contributed by atoms with Crippen LogP contribution >= 0.6 is 0 Å². The molecule has 0 aliphatic rings. The Morgan fingerprint density at radius 2 is 1.68 bits per heavy atom. The number of benzene rings is 2. The molecule has 0 atom stereocenters. The van der Waals surface area contributed by atoms with Crippen LogP contribution in [0.4, 0.5) is 0 Å². The highest BCUT2D eigenvalue weighted by molar-refractivity contribution is 7.92. The number of nitrogens with zero attached hydrogens (tertiary/aromatic N) is 2. The van der Waals surface area contributed by atoms with Gasteiger partial charge in [-0.3, -0.25) is 4.79 Å². The maximum Gasteiger partial charge on any atom is 0.238 e. The van der Waals surface area contributed by atoms with Gasteiger partial charge in [0, 0.05) is 17.5 Å². The molecule has 9 heteroatoms. The molecule has 204 valence electrons. The number of sulfonamides is 1. The van der Waals surface area contributed by atoms with Crippen LogP contribution in [0.1, 0.15) is 37.7 Å². The summed E-state index contributed by atoms with van der Waals surface area (Å²) < 4.78 is 44.1. The van der Waals surface area contributed by atoms with Gasteiger partial charge >= 0.3 is 0 Å². The summed E-state index contributed by atoms with van der Waals surface area (Å²) in [6, 6.07) is 18.3. The van der Waals surface area contributed by atoms with Crippen molar-refractivity contribution < 1.29 is 27.1 Å². The summed E-state index contributed by atoms with van der Waals surface area (Å²) in [4.78, 5) is 15.2. The number of amides is 1. The number of methoxy groups -OCH3 is 2. The van der Waals surface area contributed by atoms with E-state index in [-0.39, 0.29) is 19.0 Å². The van der Waals surface area contributed by atoms with Crippen molar-refractivity contribution in [2.75, 3.05) is 27.3 Å². The monoisotopic (exact) mass is 540 g/mol. The van der Waals surface area contributed by atoms with Gasteiger partial charge in [-0.25, -0.2) is 8.42 Å². The van der Waals surface area contributed by atoms with E-state index in [4.69, 9.17) is 13.9 Å². The molecular formula is C29H36N2O6S. The first kappa shape index (κ1) is 29.0. The van der Waals surface area contributed by atoms with Gasteiger partial charge in [-0.2, -0.15) is 4.31 Å². The highest BCUT2D eigenvalue weighted by Crippen LogP contribution is 2.28. The van der Waals surface area contributed by atoms with E-state index >= 15 is 0 Å². The Morgan fingerprint density at radius 3 is 2.29 bits per heavy atom. The Hall–Kier alpha value is -3.56. The number of carbonyl (C=O) groups is 1. The highest BCUT2D eigenvalue weighted by atomic mass is 32.2. The minimum atomic E-state index is -3.90. The molecule has 38 heavy (non-hydrogen) atoms. The molecule has 8 nitrogen and oxygen atoms in total. The molecule has 1 aromatic heterocycles. The second-order valence-corrected chi connectivity index (χ2v) is 11.5. The zero-order valence-corrected chi connectivity index (χ0v) is 23.4. The van der Waals surface area contributed by atoms with Crippen LogP contribution in [0.5, 0.6) is 11.5 Å². The van der Waals surface area contributed by atoms with E-state index in [0.29, 0.717) is 30.2 Å². The van der Waals surface area contributed by atoms with Crippen molar-refractivity contribution in [3.63, 3.8) is 0 Å². The minimum Gasteiger partial charge on any atom is -0.493 e. The number of hydrogen-bond donors (Lipinski definition) is 0. The van der Waals surface area contributed by atoms with Gasteiger partial charge in [0.15, 0.2) is 11.5 Å².